The topological polar surface area (TPSA) is 93.7 Å². The largest absolute Gasteiger partial charge is 0.496 e. The summed E-state index contributed by atoms with van der Waals surface area (Å²) in [4.78, 5) is 12.3. The average molecular weight is 489 g/mol. The maximum Gasteiger partial charge on any atom is 0.407 e. The summed E-state index contributed by atoms with van der Waals surface area (Å²) in [5.41, 5.74) is 2.50. The number of benzene rings is 2. The van der Waals surface area contributed by atoms with Crippen molar-refractivity contribution < 1.29 is 22.7 Å². The van der Waals surface area contributed by atoms with Crippen molar-refractivity contribution in [1.29, 1.82) is 0 Å². The molecule has 1 fully saturated rings. The zero-order chi connectivity index (χ0) is 24.9. The number of alkyl carbamates (subject to hydrolysis) is 1. The minimum absolute atomic E-state index is 0.140. The van der Waals surface area contributed by atoms with E-state index in [0.29, 0.717) is 17.5 Å². The number of hydrogen-bond donors (Lipinski definition) is 2. The highest BCUT2D eigenvalue weighted by molar-refractivity contribution is 7.90. The SMILES string of the molecule is COc1ccc(-c2ccc(S(C)(=O)=O)cc2)cc1CN[C@H]1CC[C@H](NC(=O)OC(C)(C)C)CC1. The lowest BCUT2D eigenvalue weighted by Gasteiger charge is -2.30. The summed E-state index contributed by atoms with van der Waals surface area (Å²) in [5, 5.41) is 6.61. The molecule has 3 rings (SSSR count). The lowest BCUT2D eigenvalue weighted by atomic mass is 9.91. The smallest absolute Gasteiger partial charge is 0.407 e. The Balaban J connectivity index is 1.58. The zero-order valence-electron chi connectivity index (χ0n) is 20.7. The number of ether oxygens (including phenoxy) is 2. The summed E-state index contributed by atoms with van der Waals surface area (Å²) >= 11 is 0. The van der Waals surface area contributed by atoms with Crippen molar-refractivity contribution in [2.45, 2.75) is 75.6 Å². The molecule has 1 saturated carbocycles. The molecule has 1 aliphatic rings. The van der Waals surface area contributed by atoms with Crippen LogP contribution >= 0.6 is 0 Å². The molecule has 0 unspecified atom stereocenters. The molecule has 2 aromatic rings. The molecule has 0 radical (unpaired) electrons. The highest BCUT2D eigenvalue weighted by atomic mass is 32.2. The van der Waals surface area contributed by atoms with Gasteiger partial charge >= 0.3 is 6.09 Å². The molecule has 1 amide bonds. The Kier molecular flexibility index (Phi) is 8.25. The van der Waals surface area contributed by atoms with Crippen LogP contribution in [0.3, 0.4) is 0 Å². The number of sulfone groups is 1. The number of methoxy groups -OCH3 is 1. The summed E-state index contributed by atoms with van der Waals surface area (Å²) in [6.45, 7) is 6.25. The van der Waals surface area contributed by atoms with Crippen molar-refractivity contribution in [3.8, 4) is 16.9 Å². The molecule has 0 atom stereocenters. The predicted molar refractivity (Wildman–Crippen MR) is 134 cm³/mol. The number of carbonyl (C=O) groups is 1. The second kappa shape index (κ2) is 10.8. The fraction of sp³-hybridized carbons (Fsp3) is 0.500. The highest BCUT2D eigenvalue weighted by Gasteiger charge is 2.24. The van der Waals surface area contributed by atoms with E-state index in [0.717, 1.165) is 48.1 Å². The van der Waals surface area contributed by atoms with Crippen LogP contribution in [0.2, 0.25) is 0 Å². The van der Waals surface area contributed by atoms with Gasteiger partial charge in [0.2, 0.25) is 0 Å². The maximum absolute atomic E-state index is 12.0. The number of nitrogens with one attached hydrogen (secondary N) is 2. The molecule has 8 heteroatoms. The predicted octanol–water partition coefficient (Wildman–Crippen LogP) is 4.69. The van der Waals surface area contributed by atoms with Crippen LogP contribution in [0.15, 0.2) is 47.4 Å². The number of rotatable bonds is 7. The fourth-order valence-corrected chi connectivity index (χ4v) is 4.79. The Morgan fingerprint density at radius 3 is 2.12 bits per heavy atom. The molecule has 0 saturated heterocycles. The van der Waals surface area contributed by atoms with E-state index < -0.39 is 15.4 Å². The first-order chi connectivity index (χ1) is 15.9. The van der Waals surface area contributed by atoms with Gasteiger partial charge in [0.1, 0.15) is 11.4 Å². The van der Waals surface area contributed by atoms with Gasteiger partial charge in [-0.15, -0.1) is 0 Å². The zero-order valence-corrected chi connectivity index (χ0v) is 21.5. The van der Waals surface area contributed by atoms with E-state index in [1.165, 1.54) is 6.26 Å². The van der Waals surface area contributed by atoms with Crippen molar-refractivity contribution in [1.82, 2.24) is 10.6 Å². The molecule has 0 bridgehead atoms. The molecular weight excluding hydrogens is 452 g/mol. The molecule has 186 valence electrons. The Morgan fingerprint density at radius 2 is 1.56 bits per heavy atom. The van der Waals surface area contributed by atoms with Gasteiger partial charge in [-0.05, 0) is 81.8 Å². The van der Waals surface area contributed by atoms with Crippen LogP contribution in [0.5, 0.6) is 5.75 Å². The van der Waals surface area contributed by atoms with Crippen LogP contribution in [0.1, 0.15) is 52.0 Å². The second-order valence-electron chi connectivity index (χ2n) is 9.90. The third-order valence-electron chi connectivity index (χ3n) is 5.93. The number of hydrogen-bond acceptors (Lipinski definition) is 6. The monoisotopic (exact) mass is 488 g/mol. The van der Waals surface area contributed by atoms with Gasteiger partial charge in [0.25, 0.3) is 0 Å². The van der Waals surface area contributed by atoms with Crippen LogP contribution in [0, 0.1) is 0 Å². The first-order valence-electron chi connectivity index (χ1n) is 11.6. The van der Waals surface area contributed by atoms with E-state index in [-0.39, 0.29) is 12.1 Å². The van der Waals surface area contributed by atoms with Crippen molar-refractivity contribution in [3.63, 3.8) is 0 Å². The molecular formula is C26H36N2O5S. The number of carbonyl (C=O) groups excluding carboxylic acids is 1. The Labute approximate surface area is 203 Å². The van der Waals surface area contributed by atoms with Gasteiger partial charge < -0.3 is 20.1 Å². The third kappa shape index (κ3) is 7.46. The van der Waals surface area contributed by atoms with Gasteiger partial charge in [-0.2, -0.15) is 0 Å². The van der Waals surface area contributed by atoms with E-state index in [9.17, 15) is 13.2 Å². The van der Waals surface area contributed by atoms with Crippen LogP contribution in [-0.4, -0.2) is 45.6 Å². The summed E-state index contributed by atoms with van der Waals surface area (Å²) < 4.78 is 34.4. The van der Waals surface area contributed by atoms with Crippen LogP contribution in [0.25, 0.3) is 11.1 Å². The lowest BCUT2D eigenvalue weighted by Crippen LogP contribution is -2.43. The Bertz CT molecular complexity index is 1080. The van der Waals surface area contributed by atoms with Crippen LogP contribution < -0.4 is 15.4 Å². The highest BCUT2D eigenvalue weighted by Crippen LogP contribution is 2.28. The van der Waals surface area contributed by atoms with E-state index in [4.69, 9.17) is 9.47 Å². The normalized spacial score (nSPS) is 18.9. The minimum Gasteiger partial charge on any atom is -0.496 e. The standard InChI is InChI=1S/C26H36N2O5S/c1-26(2,3)33-25(29)28-22-11-9-21(10-12-22)27-17-20-16-19(8-15-24(20)32-4)18-6-13-23(14-7-18)34(5,30)31/h6-8,13-16,21-22,27H,9-12,17H2,1-5H3,(H,28,29)/t21-,22-. The number of amides is 1. The molecule has 7 nitrogen and oxygen atoms in total. The second-order valence-corrected chi connectivity index (χ2v) is 11.9. The summed E-state index contributed by atoms with van der Waals surface area (Å²) in [5.74, 6) is 0.810. The first kappa shape index (κ1) is 26.0. The molecule has 2 aromatic carbocycles. The van der Waals surface area contributed by atoms with Crippen molar-refractivity contribution in [2.75, 3.05) is 13.4 Å². The summed E-state index contributed by atoms with van der Waals surface area (Å²) in [7, 11) is -1.56. The van der Waals surface area contributed by atoms with E-state index in [1.807, 2.05) is 45.0 Å². The van der Waals surface area contributed by atoms with Crippen LogP contribution in [-0.2, 0) is 21.1 Å². The summed E-state index contributed by atoms with van der Waals surface area (Å²) in [6.07, 6.45) is 4.60. The minimum atomic E-state index is -3.22. The first-order valence-corrected chi connectivity index (χ1v) is 13.5. The molecule has 2 N–H and O–H groups in total. The van der Waals surface area contributed by atoms with Gasteiger partial charge in [0.05, 0.1) is 12.0 Å². The fourth-order valence-electron chi connectivity index (χ4n) is 4.16. The molecule has 0 aromatic heterocycles. The van der Waals surface area contributed by atoms with E-state index in [1.54, 1.807) is 19.2 Å². The molecule has 0 aliphatic heterocycles. The van der Waals surface area contributed by atoms with Crippen molar-refractivity contribution >= 4 is 15.9 Å². The Hall–Kier alpha value is -2.58. The molecule has 34 heavy (non-hydrogen) atoms. The van der Waals surface area contributed by atoms with E-state index in [2.05, 4.69) is 16.7 Å². The van der Waals surface area contributed by atoms with Gasteiger partial charge in [-0.25, -0.2) is 13.2 Å². The van der Waals surface area contributed by atoms with Gasteiger partial charge in [-0.3, -0.25) is 0 Å². The lowest BCUT2D eigenvalue weighted by molar-refractivity contribution is 0.0489. The Morgan fingerprint density at radius 1 is 0.971 bits per heavy atom. The van der Waals surface area contributed by atoms with Gasteiger partial charge in [0, 0.05) is 30.4 Å². The third-order valence-corrected chi connectivity index (χ3v) is 7.05. The van der Waals surface area contributed by atoms with Crippen molar-refractivity contribution in [3.05, 3.63) is 48.0 Å². The van der Waals surface area contributed by atoms with Crippen molar-refractivity contribution in [2.24, 2.45) is 0 Å². The summed E-state index contributed by atoms with van der Waals surface area (Å²) in [6, 6.07) is 13.4. The molecule has 0 heterocycles. The van der Waals surface area contributed by atoms with Crippen LogP contribution in [0.4, 0.5) is 4.79 Å². The molecule has 1 aliphatic carbocycles. The van der Waals surface area contributed by atoms with Gasteiger partial charge in [-0.1, -0.05) is 18.2 Å². The van der Waals surface area contributed by atoms with E-state index >= 15 is 0 Å². The quantitative estimate of drug-likeness (QED) is 0.587. The average Bonchev–Trinajstić information content (AvgIpc) is 2.76. The molecule has 0 spiro atoms. The maximum atomic E-state index is 12.0. The van der Waals surface area contributed by atoms with Gasteiger partial charge in [0.15, 0.2) is 9.84 Å².